The molecule has 1 aromatic rings. The number of aliphatic hydroxyl groups excluding tert-OH is 1. The molecule has 0 radical (unpaired) electrons. The highest BCUT2D eigenvalue weighted by molar-refractivity contribution is 5.46. The van der Waals surface area contributed by atoms with Crippen LogP contribution in [0.25, 0.3) is 0 Å². The predicted octanol–water partition coefficient (Wildman–Crippen LogP) is 1.86. The second-order valence-corrected chi connectivity index (χ2v) is 4.57. The van der Waals surface area contributed by atoms with E-state index in [2.05, 4.69) is 18.7 Å². The first kappa shape index (κ1) is 13.0. The number of aliphatic hydroxyl groups is 1. The molecule has 0 aliphatic carbocycles. The summed E-state index contributed by atoms with van der Waals surface area (Å²) < 4.78 is 0. The van der Waals surface area contributed by atoms with Crippen molar-refractivity contribution < 1.29 is 5.11 Å². The normalized spacial score (nSPS) is 13.4. The third-order valence-corrected chi connectivity index (χ3v) is 2.66. The Balaban J connectivity index is 2.72. The van der Waals surface area contributed by atoms with Gasteiger partial charge < -0.3 is 10.8 Å². The Morgan fingerprint density at radius 3 is 2.38 bits per heavy atom. The zero-order valence-corrected chi connectivity index (χ0v) is 10.4. The molecule has 1 rings (SSSR count). The molecule has 90 valence electrons. The molecule has 0 aromatic heterocycles. The Kier molecular flexibility index (Phi) is 4.77. The molecule has 3 nitrogen and oxygen atoms in total. The van der Waals surface area contributed by atoms with Gasteiger partial charge in [-0.1, -0.05) is 18.2 Å². The first-order chi connectivity index (χ1) is 7.50. The van der Waals surface area contributed by atoms with Crippen molar-refractivity contribution in [2.75, 3.05) is 12.3 Å². The van der Waals surface area contributed by atoms with Crippen LogP contribution in [0, 0.1) is 0 Å². The molecular formula is C13H22N2O. The van der Waals surface area contributed by atoms with E-state index < -0.39 is 0 Å². The molecule has 3 N–H and O–H groups in total. The lowest BCUT2D eigenvalue weighted by molar-refractivity contribution is 0.103. The highest BCUT2D eigenvalue weighted by Crippen LogP contribution is 2.15. The highest BCUT2D eigenvalue weighted by atomic mass is 16.3. The van der Waals surface area contributed by atoms with Crippen molar-refractivity contribution in [1.82, 2.24) is 4.90 Å². The largest absolute Gasteiger partial charge is 0.398 e. The molecule has 1 atom stereocenters. The Hall–Kier alpha value is -1.06. The van der Waals surface area contributed by atoms with Gasteiger partial charge in [0.1, 0.15) is 0 Å². The molecule has 0 saturated heterocycles. The lowest BCUT2D eigenvalue weighted by Crippen LogP contribution is -2.36. The summed E-state index contributed by atoms with van der Waals surface area (Å²) in [5.74, 6) is 0. The van der Waals surface area contributed by atoms with Crippen LogP contribution in [0.3, 0.4) is 0 Å². The fourth-order valence-electron chi connectivity index (χ4n) is 1.69. The van der Waals surface area contributed by atoms with E-state index in [1.54, 1.807) is 0 Å². The zero-order chi connectivity index (χ0) is 12.1. The Bertz CT molecular complexity index is 323. The number of nitrogen functional groups attached to an aromatic ring is 1. The fraction of sp³-hybridized carbons (Fsp3) is 0.538. The van der Waals surface area contributed by atoms with Crippen LogP contribution in [-0.2, 0) is 6.54 Å². The molecule has 0 bridgehead atoms. The quantitative estimate of drug-likeness (QED) is 0.748. The van der Waals surface area contributed by atoms with E-state index >= 15 is 0 Å². The van der Waals surface area contributed by atoms with Crippen molar-refractivity contribution in [3.63, 3.8) is 0 Å². The summed E-state index contributed by atoms with van der Waals surface area (Å²) in [6.07, 6.45) is -0.313. The molecule has 0 spiro atoms. The Labute approximate surface area is 97.9 Å². The van der Waals surface area contributed by atoms with Crippen LogP contribution in [0.1, 0.15) is 26.3 Å². The minimum absolute atomic E-state index is 0.313. The molecule has 16 heavy (non-hydrogen) atoms. The van der Waals surface area contributed by atoms with Crippen LogP contribution in [-0.4, -0.2) is 28.7 Å². The van der Waals surface area contributed by atoms with Crippen LogP contribution in [0.15, 0.2) is 24.3 Å². The van der Waals surface area contributed by atoms with E-state index in [9.17, 15) is 5.11 Å². The van der Waals surface area contributed by atoms with E-state index in [1.807, 2.05) is 31.2 Å². The van der Waals surface area contributed by atoms with Crippen LogP contribution >= 0.6 is 0 Å². The SMILES string of the molecule is CC(O)CN(Cc1ccccc1N)C(C)C. The summed E-state index contributed by atoms with van der Waals surface area (Å²) in [6, 6.07) is 8.28. The van der Waals surface area contributed by atoms with Crippen molar-refractivity contribution in [3.05, 3.63) is 29.8 Å². The zero-order valence-electron chi connectivity index (χ0n) is 10.4. The van der Waals surface area contributed by atoms with E-state index in [-0.39, 0.29) is 6.10 Å². The van der Waals surface area contributed by atoms with Crippen LogP contribution in [0.2, 0.25) is 0 Å². The van der Waals surface area contributed by atoms with Gasteiger partial charge in [-0.25, -0.2) is 0 Å². The summed E-state index contributed by atoms with van der Waals surface area (Å²) >= 11 is 0. The molecule has 0 saturated carbocycles. The summed E-state index contributed by atoms with van der Waals surface area (Å²) in [6.45, 7) is 7.52. The molecule has 0 amide bonds. The molecule has 0 aliphatic heterocycles. The Morgan fingerprint density at radius 1 is 1.25 bits per heavy atom. The molecule has 0 heterocycles. The van der Waals surface area contributed by atoms with E-state index in [0.717, 1.165) is 17.8 Å². The number of rotatable bonds is 5. The molecular weight excluding hydrogens is 200 g/mol. The molecule has 0 fully saturated rings. The third-order valence-electron chi connectivity index (χ3n) is 2.66. The molecule has 1 unspecified atom stereocenters. The number of benzene rings is 1. The first-order valence-electron chi connectivity index (χ1n) is 5.76. The second kappa shape index (κ2) is 5.87. The predicted molar refractivity (Wildman–Crippen MR) is 68.1 cm³/mol. The lowest BCUT2D eigenvalue weighted by atomic mass is 10.1. The topological polar surface area (TPSA) is 49.5 Å². The Morgan fingerprint density at radius 2 is 1.88 bits per heavy atom. The number of nitrogens with two attached hydrogens (primary N) is 1. The van der Waals surface area contributed by atoms with Gasteiger partial charge in [-0.15, -0.1) is 0 Å². The maximum atomic E-state index is 9.45. The summed E-state index contributed by atoms with van der Waals surface area (Å²) in [7, 11) is 0. The fourth-order valence-corrected chi connectivity index (χ4v) is 1.69. The van der Waals surface area contributed by atoms with Gasteiger partial charge in [0.15, 0.2) is 0 Å². The van der Waals surface area contributed by atoms with Crippen LogP contribution in [0.5, 0.6) is 0 Å². The van der Waals surface area contributed by atoms with Crippen molar-refractivity contribution in [2.45, 2.75) is 39.5 Å². The average Bonchev–Trinajstić information content (AvgIpc) is 2.19. The van der Waals surface area contributed by atoms with Crippen LogP contribution < -0.4 is 5.73 Å². The highest BCUT2D eigenvalue weighted by Gasteiger charge is 2.13. The van der Waals surface area contributed by atoms with Gasteiger partial charge in [-0.3, -0.25) is 4.90 Å². The van der Waals surface area contributed by atoms with Gasteiger partial charge >= 0.3 is 0 Å². The summed E-state index contributed by atoms with van der Waals surface area (Å²) in [5.41, 5.74) is 7.85. The van der Waals surface area contributed by atoms with Gasteiger partial charge in [0.05, 0.1) is 6.10 Å². The summed E-state index contributed by atoms with van der Waals surface area (Å²) in [5, 5.41) is 9.45. The maximum absolute atomic E-state index is 9.45. The van der Waals surface area contributed by atoms with Crippen molar-refractivity contribution in [2.24, 2.45) is 0 Å². The van der Waals surface area contributed by atoms with Crippen molar-refractivity contribution in [1.29, 1.82) is 0 Å². The number of nitrogens with zero attached hydrogens (tertiary/aromatic N) is 1. The van der Waals surface area contributed by atoms with E-state index in [1.165, 1.54) is 0 Å². The first-order valence-corrected chi connectivity index (χ1v) is 5.76. The number of para-hydroxylation sites is 1. The average molecular weight is 222 g/mol. The minimum Gasteiger partial charge on any atom is -0.398 e. The molecule has 1 aromatic carbocycles. The van der Waals surface area contributed by atoms with Gasteiger partial charge in [0, 0.05) is 24.8 Å². The van der Waals surface area contributed by atoms with Gasteiger partial charge in [0.2, 0.25) is 0 Å². The molecule has 0 aliphatic rings. The standard InChI is InChI=1S/C13H22N2O/c1-10(2)15(8-11(3)16)9-12-6-4-5-7-13(12)14/h4-7,10-11,16H,8-9,14H2,1-3H3. The van der Waals surface area contributed by atoms with Gasteiger partial charge in [0.25, 0.3) is 0 Å². The van der Waals surface area contributed by atoms with Crippen molar-refractivity contribution in [3.8, 4) is 0 Å². The summed E-state index contributed by atoms with van der Waals surface area (Å²) in [4.78, 5) is 2.22. The maximum Gasteiger partial charge on any atom is 0.0639 e. The van der Waals surface area contributed by atoms with Crippen molar-refractivity contribution >= 4 is 5.69 Å². The smallest absolute Gasteiger partial charge is 0.0639 e. The monoisotopic (exact) mass is 222 g/mol. The van der Waals surface area contributed by atoms with Crippen LogP contribution in [0.4, 0.5) is 5.69 Å². The third kappa shape index (κ3) is 3.83. The van der Waals surface area contributed by atoms with Gasteiger partial charge in [-0.05, 0) is 32.4 Å². The number of hydrogen-bond acceptors (Lipinski definition) is 3. The second-order valence-electron chi connectivity index (χ2n) is 4.57. The van der Waals surface area contributed by atoms with Gasteiger partial charge in [-0.2, -0.15) is 0 Å². The molecule has 3 heteroatoms. The van der Waals surface area contributed by atoms with E-state index in [4.69, 9.17) is 5.73 Å². The minimum atomic E-state index is -0.313. The lowest BCUT2D eigenvalue weighted by Gasteiger charge is -2.28. The van der Waals surface area contributed by atoms with E-state index in [0.29, 0.717) is 12.6 Å². The number of anilines is 1. The number of hydrogen-bond donors (Lipinski definition) is 2.